The number of hydrogen-bond acceptors (Lipinski definition) is 4. The lowest BCUT2D eigenvalue weighted by Crippen LogP contribution is -2.36. The van der Waals surface area contributed by atoms with Crippen molar-refractivity contribution in [3.63, 3.8) is 0 Å². The minimum atomic E-state index is 0.135. The van der Waals surface area contributed by atoms with Crippen molar-refractivity contribution in [2.24, 2.45) is 5.73 Å². The van der Waals surface area contributed by atoms with Crippen LogP contribution in [-0.2, 0) is 9.53 Å². The molecule has 0 bridgehead atoms. The van der Waals surface area contributed by atoms with Crippen LogP contribution < -0.4 is 11.1 Å². The summed E-state index contributed by atoms with van der Waals surface area (Å²) in [6.07, 6.45) is 3.11. The molecule has 2 atom stereocenters. The van der Waals surface area contributed by atoms with Gasteiger partial charge in [0.2, 0.25) is 0 Å². The summed E-state index contributed by atoms with van der Waals surface area (Å²) in [7, 11) is 0. The lowest BCUT2D eigenvalue weighted by atomic mass is 10.2. The average molecular weight is 158 g/mol. The summed E-state index contributed by atoms with van der Waals surface area (Å²) in [6.45, 7) is 0.975. The molecule has 0 radical (unpaired) electrons. The van der Waals surface area contributed by atoms with Gasteiger partial charge >= 0.3 is 0 Å². The highest BCUT2D eigenvalue weighted by molar-refractivity contribution is 5.36. The van der Waals surface area contributed by atoms with E-state index in [0.29, 0.717) is 19.1 Å². The second-order valence-electron chi connectivity index (χ2n) is 2.80. The standard InChI is InChI=1S/C7H14N2O2/c8-7-2-1-6(9-7)3-4-11-5-10/h5-7,9H,1-4,8H2. The van der Waals surface area contributed by atoms with Crippen LogP contribution in [0.2, 0.25) is 0 Å². The molecule has 1 fully saturated rings. The molecule has 2 unspecified atom stereocenters. The van der Waals surface area contributed by atoms with Gasteiger partial charge in [0.1, 0.15) is 0 Å². The first-order valence-electron chi connectivity index (χ1n) is 3.90. The van der Waals surface area contributed by atoms with Crippen molar-refractivity contribution >= 4 is 6.47 Å². The summed E-state index contributed by atoms with van der Waals surface area (Å²) in [5.41, 5.74) is 5.61. The van der Waals surface area contributed by atoms with Crippen LogP contribution in [0.4, 0.5) is 0 Å². The van der Waals surface area contributed by atoms with E-state index in [1.165, 1.54) is 0 Å². The molecule has 0 aromatic carbocycles. The zero-order valence-electron chi connectivity index (χ0n) is 6.45. The molecular formula is C7H14N2O2. The maximum atomic E-state index is 9.78. The van der Waals surface area contributed by atoms with Crippen LogP contribution >= 0.6 is 0 Å². The van der Waals surface area contributed by atoms with E-state index in [0.717, 1.165) is 19.3 Å². The molecule has 1 rings (SSSR count). The van der Waals surface area contributed by atoms with Gasteiger partial charge in [-0.05, 0) is 19.3 Å². The Labute approximate surface area is 66.1 Å². The van der Waals surface area contributed by atoms with Crippen molar-refractivity contribution in [2.45, 2.75) is 31.5 Å². The molecule has 11 heavy (non-hydrogen) atoms. The molecule has 0 saturated carbocycles. The number of carbonyl (C=O) groups is 1. The van der Waals surface area contributed by atoms with Gasteiger partial charge in [0.25, 0.3) is 6.47 Å². The zero-order valence-corrected chi connectivity index (χ0v) is 6.45. The summed E-state index contributed by atoms with van der Waals surface area (Å²) >= 11 is 0. The lowest BCUT2D eigenvalue weighted by Gasteiger charge is -2.09. The van der Waals surface area contributed by atoms with E-state index in [2.05, 4.69) is 10.1 Å². The molecule has 0 amide bonds. The quantitative estimate of drug-likeness (QED) is 0.431. The third kappa shape index (κ3) is 2.86. The van der Waals surface area contributed by atoms with Crippen molar-refractivity contribution in [3.8, 4) is 0 Å². The first kappa shape index (κ1) is 8.49. The molecular weight excluding hydrogens is 144 g/mol. The maximum Gasteiger partial charge on any atom is 0.293 e. The third-order valence-electron chi connectivity index (χ3n) is 1.93. The van der Waals surface area contributed by atoms with Crippen LogP contribution in [0.15, 0.2) is 0 Å². The monoisotopic (exact) mass is 158 g/mol. The molecule has 1 aliphatic rings. The van der Waals surface area contributed by atoms with Gasteiger partial charge in [0, 0.05) is 6.04 Å². The Balaban J connectivity index is 2.03. The predicted molar refractivity (Wildman–Crippen MR) is 40.8 cm³/mol. The first-order valence-corrected chi connectivity index (χ1v) is 3.90. The highest BCUT2D eigenvalue weighted by Gasteiger charge is 2.19. The molecule has 1 heterocycles. The normalized spacial score (nSPS) is 30.3. The van der Waals surface area contributed by atoms with E-state index in [1.54, 1.807) is 0 Å². The van der Waals surface area contributed by atoms with Crippen LogP contribution in [0.3, 0.4) is 0 Å². The summed E-state index contributed by atoms with van der Waals surface area (Å²) in [6, 6.07) is 0.435. The maximum absolute atomic E-state index is 9.78. The van der Waals surface area contributed by atoms with Crippen molar-refractivity contribution in [3.05, 3.63) is 0 Å². The van der Waals surface area contributed by atoms with E-state index < -0.39 is 0 Å². The van der Waals surface area contributed by atoms with Gasteiger partial charge in [-0.15, -0.1) is 0 Å². The van der Waals surface area contributed by atoms with E-state index in [9.17, 15) is 4.79 Å². The Hall–Kier alpha value is -0.610. The Morgan fingerprint density at radius 3 is 3.00 bits per heavy atom. The summed E-state index contributed by atoms with van der Waals surface area (Å²) in [5.74, 6) is 0. The van der Waals surface area contributed by atoms with Crippen LogP contribution in [0, 0.1) is 0 Å². The number of nitrogens with two attached hydrogens (primary N) is 1. The number of rotatable bonds is 4. The van der Waals surface area contributed by atoms with Gasteiger partial charge < -0.3 is 10.5 Å². The second-order valence-corrected chi connectivity index (χ2v) is 2.80. The van der Waals surface area contributed by atoms with Crippen LogP contribution in [0.25, 0.3) is 0 Å². The summed E-state index contributed by atoms with van der Waals surface area (Å²) in [5, 5.41) is 3.19. The summed E-state index contributed by atoms with van der Waals surface area (Å²) < 4.78 is 4.57. The van der Waals surface area contributed by atoms with Gasteiger partial charge in [-0.3, -0.25) is 10.1 Å². The van der Waals surface area contributed by atoms with Gasteiger partial charge in [-0.2, -0.15) is 0 Å². The summed E-state index contributed by atoms with van der Waals surface area (Å²) in [4.78, 5) is 9.78. The van der Waals surface area contributed by atoms with E-state index in [4.69, 9.17) is 5.73 Å². The fourth-order valence-electron chi connectivity index (χ4n) is 1.34. The Morgan fingerprint density at radius 1 is 1.64 bits per heavy atom. The topological polar surface area (TPSA) is 64.3 Å². The van der Waals surface area contributed by atoms with Crippen molar-refractivity contribution in [2.75, 3.05) is 6.61 Å². The molecule has 0 aliphatic carbocycles. The number of ether oxygens (including phenoxy) is 1. The van der Waals surface area contributed by atoms with Crippen molar-refractivity contribution in [1.82, 2.24) is 5.32 Å². The molecule has 0 spiro atoms. The SMILES string of the molecule is NC1CCC(CCOC=O)N1. The molecule has 4 nitrogen and oxygen atoms in total. The molecule has 0 aromatic heterocycles. The van der Waals surface area contributed by atoms with Gasteiger partial charge in [-0.25, -0.2) is 0 Å². The Bertz CT molecular complexity index is 130. The fourth-order valence-corrected chi connectivity index (χ4v) is 1.34. The van der Waals surface area contributed by atoms with E-state index in [1.807, 2.05) is 0 Å². The minimum Gasteiger partial charge on any atom is -0.468 e. The molecule has 1 saturated heterocycles. The molecule has 64 valence electrons. The van der Waals surface area contributed by atoms with Crippen LogP contribution in [0.5, 0.6) is 0 Å². The van der Waals surface area contributed by atoms with E-state index >= 15 is 0 Å². The smallest absolute Gasteiger partial charge is 0.293 e. The van der Waals surface area contributed by atoms with Crippen LogP contribution in [0.1, 0.15) is 19.3 Å². The highest BCUT2D eigenvalue weighted by Crippen LogP contribution is 2.11. The molecule has 1 aliphatic heterocycles. The van der Waals surface area contributed by atoms with E-state index in [-0.39, 0.29) is 6.17 Å². The average Bonchev–Trinajstić information content (AvgIpc) is 2.37. The zero-order chi connectivity index (χ0) is 8.10. The number of nitrogens with one attached hydrogen (secondary N) is 1. The minimum absolute atomic E-state index is 0.135. The second kappa shape index (κ2) is 4.31. The van der Waals surface area contributed by atoms with Crippen LogP contribution in [-0.4, -0.2) is 25.3 Å². The lowest BCUT2D eigenvalue weighted by molar-refractivity contribution is -0.128. The number of carbonyl (C=O) groups excluding carboxylic acids is 1. The largest absolute Gasteiger partial charge is 0.468 e. The molecule has 0 aromatic rings. The van der Waals surface area contributed by atoms with Crippen molar-refractivity contribution in [1.29, 1.82) is 0 Å². The Morgan fingerprint density at radius 2 is 2.45 bits per heavy atom. The van der Waals surface area contributed by atoms with Gasteiger partial charge in [0.05, 0.1) is 12.8 Å². The predicted octanol–water partition coefficient (Wildman–Crippen LogP) is -0.414. The van der Waals surface area contributed by atoms with Crippen molar-refractivity contribution < 1.29 is 9.53 Å². The van der Waals surface area contributed by atoms with Gasteiger partial charge in [0.15, 0.2) is 0 Å². The Kier molecular flexibility index (Phi) is 3.32. The fraction of sp³-hybridized carbons (Fsp3) is 0.857. The highest BCUT2D eigenvalue weighted by atomic mass is 16.5. The number of hydrogen-bond donors (Lipinski definition) is 2. The molecule has 4 heteroatoms. The molecule has 3 N–H and O–H groups in total. The van der Waals surface area contributed by atoms with Gasteiger partial charge in [-0.1, -0.05) is 0 Å². The third-order valence-corrected chi connectivity index (χ3v) is 1.93. The first-order chi connectivity index (χ1) is 5.33.